The number of aromatic nitrogens is 1. The molecule has 0 saturated heterocycles. The Morgan fingerprint density at radius 2 is 2.00 bits per heavy atom. The van der Waals surface area contributed by atoms with E-state index in [-0.39, 0.29) is 11.0 Å². The molecule has 1 aromatic carbocycles. The normalized spacial score (nSPS) is 12.0. The summed E-state index contributed by atoms with van der Waals surface area (Å²) in [5, 5.41) is 0.550. The topological polar surface area (TPSA) is 76.2 Å². The molecular formula is C13H15NO4S. The lowest BCUT2D eigenvalue weighted by molar-refractivity contribution is 0.0380. The van der Waals surface area contributed by atoms with E-state index >= 15 is 0 Å². The van der Waals surface area contributed by atoms with Gasteiger partial charge in [0.1, 0.15) is 0 Å². The van der Waals surface area contributed by atoms with Gasteiger partial charge in [-0.25, -0.2) is 13.2 Å². The number of fused-ring (bicyclic) bond motifs is 1. The second-order valence-corrected chi connectivity index (χ2v) is 6.65. The van der Waals surface area contributed by atoms with Gasteiger partial charge in [-0.3, -0.25) is 0 Å². The molecular weight excluding hydrogens is 266 g/mol. The van der Waals surface area contributed by atoms with E-state index in [1.807, 2.05) is 0 Å². The Morgan fingerprint density at radius 3 is 2.58 bits per heavy atom. The summed E-state index contributed by atoms with van der Waals surface area (Å²) in [4.78, 5) is 15.0. The smallest absolute Gasteiger partial charge is 0.340 e. The van der Waals surface area contributed by atoms with Crippen molar-refractivity contribution < 1.29 is 17.9 Å². The van der Waals surface area contributed by atoms with E-state index in [9.17, 15) is 13.2 Å². The van der Waals surface area contributed by atoms with Gasteiger partial charge in [-0.2, -0.15) is 0 Å². The van der Waals surface area contributed by atoms with Crippen LogP contribution in [0.1, 0.15) is 24.2 Å². The quantitative estimate of drug-likeness (QED) is 0.874. The summed E-state index contributed by atoms with van der Waals surface area (Å²) in [7, 11) is -3.30. The number of nitrogens with one attached hydrogen (secondary N) is 1. The molecule has 0 unspecified atom stereocenters. The summed E-state index contributed by atoms with van der Waals surface area (Å²) in [5.74, 6) is -0.466. The van der Waals surface area contributed by atoms with Gasteiger partial charge >= 0.3 is 5.97 Å². The Kier molecular flexibility index (Phi) is 3.36. The molecule has 0 spiro atoms. The van der Waals surface area contributed by atoms with Crippen molar-refractivity contribution in [3.63, 3.8) is 0 Å². The van der Waals surface area contributed by atoms with E-state index in [4.69, 9.17) is 4.74 Å². The zero-order chi connectivity index (χ0) is 14.2. The first-order valence-corrected chi connectivity index (χ1v) is 7.70. The number of benzene rings is 1. The third kappa shape index (κ3) is 2.78. The maximum Gasteiger partial charge on any atom is 0.340 e. The highest BCUT2D eigenvalue weighted by molar-refractivity contribution is 7.90. The number of carbonyl (C=O) groups excluding carboxylic acids is 1. The van der Waals surface area contributed by atoms with Crippen LogP contribution in [-0.2, 0) is 14.6 Å². The summed E-state index contributed by atoms with van der Waals surface area (Å²) < 4.78 is 28.2. The second kappa shape index (κ2) is 4.70. The van der Waals surface area contributed by atoms with Crippen LogP contribution >= 0.6 is 0 Å². The van der Waals surface area contributed by atoms with Crippen molar-refractivity contribution >= 4 is 26.7 Å². The molecule has 1 heterocycles. The van der Waals surface area contributed by atoms with Crippen LogP contribution in [0.15, 0.2) is 29.3 Å². The minimum absolute atomic E-state index is 0.179. The Labute approximate surface area is 111 Å². The highest BCUT2D eigenvalue weighted by atomic mass is 32.2. The fourth-order valence-corrected chi connectivity index (χ4v) is 2.42. The minimum atomic E-state index is -3.30. The van der Waals surface area contributed by atoms with Crippen LogP contribution < -0.4 is 0 Å². The molecule has 0 radical (unpaired) electrons. The maximum absolute atomic E-state index is 11.9. The van der Waals surface area contributed by atoms with Crippen molar-refractivity contribution in [2.45, 2.75) is 24.8 Å². The van der Waals surface area contributed by atoms with Gasteiger partial charge in [-0.1, -0.05) is 0 Å². The van der Waals surface area contributed by atoms with E-state index in [0.717, 1.165) is 6.26 Å². The average molecular weight is 281 g/mol. The summed E-state index contributed by atoms with van der Waals surface area (Å²) >= 11 is 0. The van der Waals surface area contributed by atoms with Crippen molar-refractivity contribution in [3.8, 4) is 0 Å². The van der Waals surface area contributed by atoms with Crippen molar-refractivity contribution in [1.29, 1.82) is 0 Å². The first-order chi connectivity index (χ1) is 8.79. The second-order valence-electron chi connectivity index (χ2n) is 4.64. The number of ether oxygens (including phenoxy) is 1. The van der Waals surface area contributed by atoms with Gasteiger partial charge < -0.3 is 9.72 Å². The Bertz CT molecular complexity index is 728. The molecule has 0 aliphatic rings. The Balaban J connectivity index is 2.55. The third-order valence-electron chi connectivity index (χ3n) is 2.64. The van der Waals surface area contributed by atoms with Crippen LogP contribution in [-0.4, -0.2) is 31.7 Å². The third-order valence-corrected chi connectivity index (χ3v) is 3.75. The molecule has 2 aromatic rings. The van der Waals surface area contributed by atoms with E-state index in [0.29, 0.717) is 16.5 Å². The van der Waals surface area contributed by atoms with Crippen LogP contribution in [0.3, 0.4) is 0 Å². The molecule has 6 heteroatoms. The molecule has 2 rings (SSSR count). The zero-order valence-electron chi connectivity index (χ0n) is 10.9. The lowest BCUT2D eigenvalue weighted by Gasteiger charge is -2.07. The molecule has 0 atom stereocenters. The monoisotopic (exact) mass is 281 g/mol. The maximum atomic E-state index is 11.9. The molecule has 1 N–H and O–H groups in total. The molecule has 0 fully saturated rings. The number of aromatic amines is 1. The van der Waals surface area contributed by atoms with E-state index in [1.165, 1.54) is 18.3 Å². The number of sulfone groups is 1. The van der Waals surface area contributed by atoms with Gasteiger partial charge in [-0.15, -0.1) is 0 Å². The molecule has 19 heavy (non-hydrogen) atoms. The van der Waals surface area contributed by atoms with Gasteiger partial charge in [0.05, 0.1) is 16.6 Å². The molecule has 5 nitrogen and oxygen atoms in total. The first kappa shape index (κ1) is 13.6. The van der Waals surface area contributed by atoms with Crippen molar-refractivity contribution in [2.24, 2.45) is 0 Å². The molecule has 102 valence electrons. The molecule has 0 bridgehead atoms. The van der Waals surface area contributed by atoms with Crippen LogP contribution in [0.5, 0.6) is 0 Å². The number of rotatable bonds is 3. The number of hydrogen-bond donors (Lipinski definition) is 1. The van der Waals surface area contributed by atoms with Gasteiger partial charge in [-0.05, 0) is 32.0 Å². The van der Waals surface area contributed by atoms with Crippen molar-refractivity contribution in [1.82, 2.24) is 4.98 Å². The fraction of sp³-hybridized carbons (Fsp3) is 0.308. The summed E-state index contributed by atoms with van der Waals surface area (Å²) in [6, 6.07) is 4.63. The largest absolute Gasteiger partial charge is 0.459 e. The standard InChI is InChI=1S/C13H15NO4S/c1-8(2)18-13(15)11-7-14-12-5-4-9(6-10(11)12)19(3,16)17/h4-8,14H,1-3H3. The zero-order valence-corrected chi connectivity index (χ0v) is 11.7. The van der Waals surface area contributed by atoms with Gasteiger partial charge in [0, 0.05) is 23.4 Å². The van der Waals surface area contributed by atoms with Crippen LogP contribution in [0.2, 0.25) is 0 Å². The van der Waals surface area contributed by atoms with Crippen molar-refractivity contribution in [2.75, 3.05) is 6.26 Å². The number of carbonyl (C=O) groups is 1. The predicted molar refractivity (Wildman–Crippen MR) is 72.0 cm³/mol. The number of esters is 1. The predicted octanol–water partition coefficient (Wildman–Crippen LogP) is 2.14. The van der Waals surface area contributed by atoms with E-state index < -0.39 is 15.8 Å². The van der Waals surface area contributed by atoms with E-state index in [2.05, 4.69) is 4.98 Å². The molecule has 0 aliphatic heterocycles. The van der Waals surface area contributed by atoms with Crippen LogP contribution in [0.25, 0.3) is 10.9 Å². The SMILES string of the molecule is CC(C)OC(=O)c1c[nH]c2ccc(S(C)(=O)=O)cc12. The molecule has 0 amide bonds. The number of hydrogen-bond acceptors (Lipinski definition) is 4. The molecule has 0 aliphatic carbocycles. The van der Waals surface area contributed by atoms with Gasteiger partial charge in [0.2, 0.25) is 0 Å². The lowest BCUT2D eigenvalue weighted by Crippen LogP contribution is -2.11. The van der Waals surface area contributed by atoms with E-state index in [1.54, 1.807) is 19.9 Å². The van der Waals surface area contributed by atoms with Crippen LogP contribution in [0, 0.1) is 0 Å². The van der Waals surface area contributed by atoms with Crippen molar-refractivity contribution in [3.05, 3.63) is 30.0 Å². The molecule has 1 aromatic heterocycles. The number of H-pyrrole nitrogens is 1. The molecule has 0 saturated carbocycles. The summed E-state index contributed by atoms with van der Waals surface area (Å²) in [6.45, 7) is 3.52. The summed E-state index contributed by atoms with van der Waals surface area (Å²) in [6.07, 6.45) is 2.43. The summed E-state index contributed by atoms with van der Waals surface area (Å²) in [5.41, 5.74) is 1.04. The Hall–Kier alpha value is -1.82. The van der Waals surface area contributed by atoms with Gasteiger partial charge in [0.15, 0.2) is 9.84 Å². The minimum Gasteiger partial charge on any atom is -0.459 e. The van der Waals surface area contributed by atoms with Gasteiger partial charge in [0.25, 0.3) is 0 Å². The lowest BCUT2D eigenvalue weighted by atomic mass is 10.2. The Morgan fingerprint density at radius 1 is 1.32 bits per heavy atom. The average Bonchev–Trinajstić information content (AvgIpc) is 2.69. The highest BCUT2D eigenvalue weighted by Gasteiger charge is 2.17. The van der Waals surface area contributed by atoms with Crippen LogP contribution in [0.4, 0.5) is 0 Å². The first-order valence-electron chi connectivity index (χ1n) is 5.81. The fourth-order valence-electron chi connectivity index (χ4n) is 1.78. The highest BCUT2D eigenvalue weighted by Crippen LogP contribution is 2.23.